The van der Waals surface area contributed by atoms with Crippen LogP contribution in [0.25, 0.3) is 5.82 Å². The van der Waals surface area contributed by atoms with Crippen molar-refractivity contribution >= 4 is 5.91 Å². The minimum atomic E-state index is -4.47. The monoisotopic (exact) mass is 394 g/mol. The molecule has 0 saturated heterocycles. The molecule has 0 spiro atoms. The van der Waals surface area contributed by atoms with Gasteiger partial charge in [0.1, 0.15) is 0 Å². The molecule has 1 N–H and O–H groups in total. The Balaban J connectivity index is 1.81. The number of alkyl halides is 3. The lowest BCUT2D eigenvalue weighted by Gasteiger charge is -2.13. The maximum atomic E-state index is 12.7. The number of halogens is 3. The quantitative estimate of drug-likeness (QED) is 0.714. The molecule has 11 heteroatoms. The van der Waals surface area contributed by atoms with Gasteiger partial charge >= 0.3 is 6.18 Å². The van der Waals surface area contributed by atoms with Gasteiger partial charge in [-0.05, 0) is 25.5 Å². The summed E-state index contributed by atoms with van der Waals surface area (Å²) >= 11 is 0. The maximum Gasteiger partial charge on any atom is 0.417 e. The smallest absolute Gasteiger partial charge is 0.342 e. The molecule has 0 aliphatic rings. The zero-order valence-electron chi connectivity index (χ0n) is 15.3. The van der Waals surface area contributed by atoms with E-state index in [0.29, 0.717) is 23.8 Å². The molecule has 148 valence electrons. The van der Waals surface area contributed by atoms with Crippen LogP contribution >= 0.6 is 0 Å². The summed E-state index contributed by atoms with van der Waals surface area (Å²) in [7, 11) is 0. The Morgan fingerprint density at radius 1 is 1.29 bits per heavy atom. The summed E-state index contributed by atoms with van der Waals surface area (Å²) in [6, 6.07) is 1.66. The van der Waals surface area contributed by atoms with Crippen molar-refractivity contribution < 1.29 is 22.5 Å². The van der Waals surface area contributed by atoms with Crippen LogP contribution in [0, 0.1) is 13.8 Å². The van der Waals surface area contributed by atoms with Gasteiger partial charge in [-0.25, -0.2) is 9.67 Å². The normalized spacial score (nSPS) is 12.8. The Labute approximate surface area is 157 Å². The number of pyridine rings is 1. The van der Waals surface area contributed by atoms with Gasteiger partial charge in [-0.15, -0.1) is 0 Å². The standard InChI is InChI=1S/C17H17F3N6O2/c1-4-13(15-23-10(3)28-25-15)24-16(27)12-8-22-26(9(12)2)14-6-5-11(7-21-14)17(18,19)20/h5-8,13H,4H2,1-3H3,(H,24,27). The first-order chi connectivity index (χ1) is 13.2. The van der Waals surface area contributed by atoms with Crippen LogP contribution in [0.3, 0.4) is 0 Å². The van der Waals surface area contributed by atoms with Crippen LogP contribution < -0.4 is 5.32 Å². The van der Waals surface area contributed by atoms with Crippen LogP contribution in [-0.4, -0.2) is 30.8 Å². The highest BCUT2D eigenvalue weighted by atomic mass is 19.4. The summed E-state index contributed by atoms with van der Waals surface area (Å²) in [6.07, 6.45) is -1.88. The summed E-state index contributed by atoms with van der Waals surface area (Å²) in [4.78, 5) is 20.5. The topological polar surface area (TPSA) is 98.7 Å². The molecule has 0 radical (unpaired) electrons. The molecule has 0 aliphatic heterocycles. The fourth-order valence-electron chi connectivity index (χ4n) is 2.58. The van der Waals surface area contributed by atoms with E-state index in [9.17, 15) is 18.0 Å². The number of nitrogens with one attached hydrogen (secondary N) is 1. The van der Waals surface area contributed by atoms with Gasteiger partial charge < -0.3 is 9.84 Å². The fraction of sp³-hybridized carbons (Fsp3) is 0.353. The van der Waals surface area contributed by atoms with Gasteiger partial charge in [0.15, 0.2) is 11.6 Å². The number of aromatic nitrogens is 5. The van der Waals surface area contributed by atoms with Crippen LogP contribution in [-0.2, 0) is 6.18 Å². The number of hydrogen-bond donors (Lipinski definition) is 1. The molecule has 28 heavy (non-hydrogen) atoms. The van der Waals surface area contributed by atoms with Gasteiger partial charge in [0.2, 0.25) is 5.89 Å². The summed E-state index contributed by atoms with van der Waals surface area (Å²) in [5, 5.41) is 10.7. The highest BCUT2D eigenvalue weighted by Gasteiger charge is 2.31. The lowest BCUT2D eigenvalue weighted by molar-refractivity contribution is -0.137. The summed E-state index contributed by atoms with van der Waals surface area (Å²) < 4.78 is 44.3. The first-order valence-corrected chi connectivity index (χ1v) is 8.40. The molecule has 0 bridgehead atoms. The second-order valence-electron chi connectivity index (χ2n) is 6.06. The van der Waals surface area contributed by atoms with E-state index in [-0.39, 0.29) is 11.4 Å². The van der Waals surface area contributed by atoms with Crippen LogP contribution in [0.2, 0.25) is 0 Å². The van der Waals surface area contributed by atoms with E-state index < -0.39 is 23.7 Å². The van der Waals surface area contributed by atoms with Gasteiger partial charge in [0.25, 0.3) is 5.91 Å². The molecule has 3 heterocycles. The van der Waals surface area contributed by atoms with Crippen molar-refractivity contribution in [1.82, 2.24) is 30.2 Å². The lowest BCUT2D eigenvalue weighted by Crippen LogP contribution is -2.29. The summed E-state index contributed by atoms with van der Waals surface area (Å²) in [6.45, 7) is 5.13. The van der Waals surface area contributed by atoms with Gasteiger partial charge in [0, 0.05) is 13.1 Å². The van der Waals surface area contributed by atoms with Gasteiger partial charge in [-0.1, -0.05) is 12.1 Å². The fourth-order valence-corrected chi connectivity index (χ4v) is 2.58. The van der Waals surface area contributed by atoms with Crippen molar-refractivity contribution in [1.29, 1.82) is 0 Å². The van der Waals surface area contributed by atoms with Crippen LogP contribution in [0.1, 0.15) is 52.7 Å². The van der Waals surface area contributed by atoms with E-state index in [1.807, 2.05) is 6.92 Å². The second kappa shape index (κ2) is 7.41. The van der Waals surface area contributed by atoms with Gasteiger partial charge in [0.05, 0.1) is 29.1 Å². The number of aryl methyl sites for hydroxylation is 1. The molecule has 0 aromatic carbocycles. The van der Waals surface area contributed by atoms with Crippen LogP contribution in [0.15, 0.2) is 29.0 Å². The minimum absolute atomic E-state index is 0.172. The number of amides is 1. The van der Waals surface area contributed by atoms with E-state index in [0.717, 1.165) is 12.3 Å². The van der Waals surface area contributed by atoms with Crippen LogP contribution in [0.5, 0.6) is 0 Å². The molecule has 3 rings (SSSR count). The Hall–Kier alpha value is -3.24. The predicted octanol–water partition coefficient (Wildman–Crippen LogP) is 3.17. The summed E-state index contributed by atoms with van der Waals surface area (Å²) in [5.74, 6) is 0.512. The Kier molecular flexibility index (Phi) is 5.16. The molecular formula is C17H17F3N6O2. The average Bonchev–Trinajstić information content (AvgIpc) is 3.24. The number of carbonyl (C=O) groups is 1. The van der Waals surface area contributed by atoms with Crippen molar-refractivity contribution in [3.63, 3.8) is 0 Å². The van der Waals surface area contributed by atoms with Crippen molar-refractivity contribution in [2.45, 2.75) is 39.4 Å². The third kappa shape index (κ3) is 3.87. The maximum absolute atomic E-state index is 12.7. The molecule has 1 amide bonds. The minimum Gasteiger partial charge on any atom is -0.342 e. The van der Waals surface area contributed by atoms with E-state index in [1.54, 1.807) is 13.8 Å². The Morgan fingerprint density at radius 2 is 2.04 bits per heavy atom. The van der Waals surface area contributed by atoms with Gasteiger partial charge in [-0.2, -0.15) is 23.3 Å². The van der Waals surface area contributed by atoms with Crippen LogP contribution in [0.4, 0.5) is 13.2 Å². The Bertz CT molecular complexity index is 978. The highest BCUT2D eigenvalue weighted by molar-refractivity contribution is 5.95. The largest absolute Gasteiger partial charge is 0.417 e. The molecular weight excluding hydrogens is 377 g/mol. The first kappa shape index (κ1) is 19.5. The van der Waals surface area contributed by atoms with E-state index in [1.165, 1.54) is 16.9 Å². The molecule has 3 aromatic heterocycles. The zero-order valence-corrected chi connectivity index (χ0v) is 15.3. The average molecular weight is 394 g/mol. The van der Waals surface area contributed by atoms with Crippen molar-refractivity contribution in [2.75, 3.05) is 0 Å². The number of nitrogens with zero attached hydrogens (tertiary/aromatic N) is 5. The zero-order chi connectivity index (χ0) is 20.5. The first-order valence-electron chi connectivity index (χ1n) is 8.40. The highest BCUT2D eigenvalue weighted by Crippen LogP contribution is 2.28. The number of carbonyl (C=O) groups excluding carboxylic acids is 1. The second-order valence-corrected chi connectivity index (χ2v) is 6.06. The molecule has 1 atom stereocenters. The third-order valence-electron chi connectivity index (χ3n) is 4.12. The van der Waals surface area contributed by atoms with Gasteiger partial charge in [-0.3, -0.25) is 4.79 Å². The summed E-state index contributed by atoms with van der Waals surface area (Å²) in [5.41, 5.74) is -0.163. The van der Waals surface area contributed by atoms with E-state index >= 15 is 0 Å². The lowest BCUT2D eigenvalue weighted by atomic mass is 10.2. The molecule has 1 unspecified atom stereocenters. The number of hydrogen-bond acceptors (Lipinski definition) is 6. The van der Waals surface area contributed by atoms with E-state index in [2.05, 4.69) is 25.5 Å². The molecule has 0 aliphatic carbocycles. The van der Waals surface area contributed by atoms with Crippen molar-refractivity contribution in [3.8, 4) is 5.82 Å². The SMILES string of the molecule is CCC(NC(=O)c1cnn(-c2ccc(C(F)(F)F)cn2)c1C)c1noc(C)n1. The predicted molar refractivity (Wildman–Crippen MR) is 90.6 cm³/mol. The Morgan fingerprint density at radius 3 is 2.57 bits per heavy atom. The van der Waals surface area contributed by atoms with E-state index in [4.69, 9.17) is 4.52 Å². The molecule has 0 fully saturated rings. The number of rotatable bonds is 5. The third-order valence-corrected chi connectivity index (χ3v) is 4.12. The molecule has 3 aromatic rings. The molecule has 8 nitrogen and oxygen atoms in total. The van der Waals surface area contributed by atoms with Crippen molar-refractivity contribution in [3.05, 3.63) is 53.1 Å². The molecule has 0 saturated carbocycles. The van der Waals surface area contributed by atoms with Crippen molar-refractivity contribution in [2.24, 2.45) is 0 Å².